The minimum atomic E-state index is -3.04. The van der Waals surface area contributed by atoms with Crippen molar-refractivity contribution in [1.82, 2.24) is 9.38 Å². The fourth-order valence-corrected chi connectivity index (χ4v) is 2.73. The smallest absolute Gasteiger partial charge is 0.153 e. The van der Waals surface area contributed by atoms with Crippen molar-refractivity contribution in [2.45, 2.75) is 5.75 Å². The molecule has 0 atom stereocenters. The van der Waals surface area contributed by atoms with E-state index >= 15 is 0 Å². The highest BCUT2D eigenvalue weighted by Gasteiger charge is 2.11. The highest BCUT2D eigenvalue weighted by atomic mass is 79.9. The van der Waals surface area contributed by atoms with Crippen LogP contribution in [0.3, 0.4) is 0 Å². The molecule has 0 unspecified atom stereocenters. The Morgan fingerprint density at radius 2 is 2.20 bits per heavy atom. The molecule has 0 spiro atoms. The summed E-state index contributed by atoms with van der Waals surface area (Å²) in [6.07, 6.45) is 2.80. The lowest BCUT2D eigenvalue weighted by Gasteiger charge is -2.02. The maximum Gasteiger partial charge on any atom is 0.153 e. The number of hydrogen-bond acceptors (Lipinski definition) is 3. The van der Waals surface area contributed by atoms with E-state index in [2.05, 4.69) is 20.9 Å². The first kappa shape index (κ1) is 10.6. The van der Waals surface area contributed by atoms with E-state index in [0.717, 1.165) is 10.3 Å². The molecule has 0 fully saturated rings. The van der Waals surface area contributed by atoms with E-state index in [1.165, 1.54) is 6.26 Å². The minimum Gasteiger partial charge on any atom is -0.290 e. The van der Waals surface area contributed by atoms with Crippen molar-refractivity contribution in [1.29, 1.82) is 0 Å². The first-order valence-corrected chi connectivity index (χ1v) is 7.11. The zero-order valence-electron chi connectivity index (χ0n) is 8.01. The third-order valence-electron chi connectivity index (χ3n) is 1.96. The highest BCUT2D eigenvalue weighted by Crippen LogP contribution is 2.17. The molecule has 2 rings (SSSR count). The number of nitrogens with zero attached hydrogens (tertiary/aromatic N) is 2. The van der Waals surface area contributed by atoms with E-state index in [9.17, 15) is 8.42 Å². The van der Waals surface area contributed by atoms with Crippen LogP contribution in [0.2, 0.25) is 0 Å². The van der Waals surface area contributed by atoms with E-state index < -0.39 is 9.84 Å². The van der Waals surface area contributed by atoms with Crippen LogP contribution in [-0.2, 0) is 15.6 Å². The first-order valence-electron chi connectivity index (χ1n) is 4.26. The Bertz CT molecular complexity index is 604. The molecule has 0 aliphatic rings. The Labute approximate surface area is 96.0 Å². The third kappa shape index (κ3) is 2.21. The van der Waals surface area contributed by atoms with Crippen LogP contribution in [0.15, 0.2) is 29.0 Å². The number of pyridine rings is 1. The van der Waals surface area contributed by atoms with Crippen LogP contribution < -0.4 is 0 Å². The van der Waals surface area contributed by atoms with Gasteiger partial charge in [-0.25, -0.2) is 13.4 Å². The van der Waals surface area contributed by atoms with Crippen molar-refractivity contribution in [3.8, 4) is 0 Å². The second-order valence-electron chi connectivity index (χ2n) is 3.36. The van der Waals surface area contributed by atoms with Gasteiger partial charge in [0.2, 0.25) is 0 Å². The Morgan fingerprint density at radius 1 is 1.47 bits per heavy atom. The molecule has 80 valence electrons. The zero-order valence-corrected chi connectivity index (χ0v) is 10.4. The van der Waals surface area contributed by atoms with Crippen LogP contribution in [0, 0.1) is 0 Å². The number of rotatable bonds is 2. The molecule has 4 nitrogen and oxygen atoms in total. The predicted molar refractivity (Wildman–Crippen MR) is 61.4 cm³/mol. The maximum absolute atomic E-state index is 11.2. The van der Waals surface area contributed by atoms with Crippen molar-refractivity contribution in [3.63, 3.8) is 0 Å². The summed E-state index contributed by atoms with van der Waals surface area (Å²) in [5, 5.41) is 0. The van der Waals surface area contributed by atoms with E-state index in [1.807, 2.05) is 18.2 Å². The lowest BCUT2D eigenvalue weighted by molar-refractivity contribution is 0.600. The molecule has 0 aliphatic heterocycles. The average Bonchev–Trinajstić information content (AvgIpc) is 2.47. The van der Waals surface area contributed by atoms with Gasteiger partial charge in [0.1, 0.15) is 5.65 Å². The molecule has 2 heterocycles. The molecule has 0 saturated carbocycles. The Morgan fingerprint density at radius 3 is 2.87 bits per heavy atom. The summed E-state index contributed by atoms with van der Waals surface area (Å²) < 4.78 is 25.0. The quantitative estimate of drug-likeness (QED) is 0.790. The molecule has 0 aliphatic carbocycles. The number of aromatic nitrogens is 2. The van der Waals surface area contributed by atoms with E-state index in [-0.39, 0.29) is 5.75 Å². The summed E-state index contributed by atoms with van der Waals surface area (Å²) >= 11 is 3.36. The molecule has 0 bridgehead atoms. The normalized spacial score (nSPS) is 12.1. The largest absolute Gasteiger partial charge is 0.290 e. The van der Waals surface area contributed by atoms with E-state index in [1.54, 1.807) is 10.6 Å². The second kappa shape index (κ2) is 3.61. The van der Waals surface area contributed by atoms with E-state index in [0.29, 0.717) is 5.69 Å². The number of hydrogen-bond donors (Lipinski definition) is 0. The lowest BCUT2D eigenvalue weighted by Crippen LogP contribution is -2.04. The van der Waals surface area contributed by atoms with Gasteiger partial charge in [-0.15, -0.1) is 0 Å². The minimum absolute atomic E-state index is 0.00319. The van der Waals surface area contributed by atoms with Crippen LogP contribution in [0.4, 0.5) is 0 Å². The van der Waals surface area contributed by atoms with Crippen LogP contribution in [0.25, 0.3) is 5.65 Å². The Balaban J connectivity index is 2.63. The predicted octanol–water partition coefficient (Wildman–Crippen LogP) is 1.64. The Hall–Kier alpha value is -0.880. The van der Waals surface area contributed by atoms with Gasteiger partial charge in [-0.2, -0.15) is 0 Å². The average molecular weight is 289 g/mol. The van der Waals surface area contributed by atoms with Gasteiger partial charge in [-0.1, -0.05) is 6.07 Å². The molecular formula is C9H9BrN2O2S. The molecule has 0 saturated heterocycles. The fourth-order valence-electron chi connectivity index (χ4n) is 1.43. The van der Waals surface area contributed by atoms with Crippen molar-refractivity contribution in [2.24, 2.45) is 0 Å². The van der Waals surface area contributed by atoms with E-state index in [4.69, 9.17) is 0 Å². The van der Waals surface area contributed by atoms with Crippen LogP contribution in [0.1, 0.15) is 5.69 Å². The van der Waals surface area contributed by atoms with Gasteiger partial charge in [0.25, 0.3) is 0 Å². The standard InChI is InChI=1S/C9H9BrN2O2S/c1-15(13,14)6-7-5-11-9-4-2-3-8(10)12(7)9/h2-5H,6H2,1H3. The SMILES string of the molecule is CS(=O)(=O)Cc1cnc2cccc(Br)n12. The third-order valence-corrected chi connectivity index (χ3v) is 3.40. The first-order chi connectivity index (χ1) is 6.97. The Kier molecular flexibility index (Phi) is 2.56. The molecular weight excluding hydrogens is 280 g/mol. The number of halogens is 1. The van der Waals surface area contributed by atoms with Gasteiger partial charge in [0.15, 0.2) is 9.84 Å². The van der Waals surface area contributed by atoms with Crippen LogP contribution >= 0.6 is 15.9 Å². The number of fused-ring (bicyclic) bond motifs is 1. The van der Waals surface area contributed by atoms with Crippen LogP contribution in [-0.4, -0.2) is 24.1 Å². The van der Waals surface area contributed by atoms with Crippen molar-refractivity contribution >= 4 is 31.4 Å². The van der Waals surface area contributed by atoms with Crippen molar-refractivity contribution in [2.75, 3.05) is 6.26 Å². The summed E-state index contributed by atoms with van der Waals surface area (Å²) in [7, 11) is -3.04. The molecule has 0 radical (unpaired) electrons. The number of sulfone groups is 1. The summed E-state index contributed by atoms with van der Waals surface area (Å²) in [6, 6.07) is 5.54. The lowest BCUT2D eigenvalue weighted by atomic mass is 10.4. The van der Waals surface area contributed by atoms with Gasteiger partial charge in [0.05, 0.1) is 22.2 Å². The summed E-state index contributed by atoms with van der Waals surface area (Å²) in [5.41, 5.74) is 1.41. The van der Waals surface area contributed by atoms with Gasteiger partial charge in [-0.3, -0.25) is 4.40 Å². The van der Waals surface area contributed by atoms with Gasteiger partial charge < -0.3 is 0 Å². The summed E-state index contributed by atoms with van der Waals surface area (Å²) in [6.45, 7) is 0. The fraction of sp³-hybridized carbons (Fsp3) is 0.222. The molecule has 2 aromatic rings. The topological polar surface area (TPSA) is 51.4 Å². The highest BCUT2D eigenvalue weighted by molar-refractivity contribution is 9.10. The molecule has 0 amide bonds. The molecule has 0 N–H and O–H groups in total. The monoisotopic (exact) mass is 288 g/mol. The van der Waals surface area contributed by atoms with Gasteiger partial charge >= 0.3 is 0 Å². The molecule has 2 aromatic heterocycles. The van der Waals surface area contributed by atoms with Gasteiger partial charge in [0, 0.05) is 6.26 Å². The molecule has 6 heteroatoms. The van der Waals surface area contributed by atoms with Crippen molar-refractivity contribution < 1.29 is 8.42 Å². The second-order valence-corrected chi connectivity index (χ2v) is 6.31. The van der Waals surface area contributed by atoms with Crippen molar-refractivity contribution in [3.05, 3.63) is 34.7 Å². The van der Waals surface area contributed by atoms with Crippen LogP contribution in [0.5, 0.6) is 0 Å². The zero-order chi connectivity index (χ0) is 11.1. The molecule has 0 aromatic carbocycles. The summed E-state index contributed by atoms with van der Waals surface area (Å²) in [5.74, 6) is -0.00319. The van der Waals surface area contributed by atoms with Gasteiger partial charge in [-0.05, 0) is 28.1 Å². The molecule has 15 heavy (non-hydrogen) atoms. The summed E-state index contributed by atoms with van der Waals surface area (Å²) in [4.78, 5) is 4.13. The number of imidazole rings is 1. The maximum atomic E-state index is 11.2.